The summed E-state index contributed by atoms with van der Waals surface area (Å²) in [7, 11) is 0. The van der Waals surface area contributed by atoms with Gasteiger partial charge in [0.15, 0.2) is 0 Å². The molecule has 1 aliphatic carbocycles. The zero-order chi connectivity index (χ0) is 10.4. The molecule has 1 unspecified atom stereocenters. The first-order valence-corrected chi connectivity index (χ1v) is 6.03. The molecule has 1 saturated carbocycles. The zero-order valence-electron chi connectivity index (χ0n) is 9.72. The third kappa shape index (κ3) is 3.97. The lowest BCUT2D eigenvalue weighted by Gasteiger charge is -2.33. The lowest BCUT2D eigenvalue weighted by atomic mass is 9.83. The molecule has 0 aromatic heterocycles. The summed E-state index contributed by atoms with van der Waals surface area (Å²) in [6.07, 6.45) is 7.40. The van der Waals surface area contributed by atoms with Crippen molar-refractivity contribution in [3.8, 4) is 0 Å². The average Bonchev–Trinajstić information content (AvgIpc) is 2.18. The van der Waals surface area contributed by atoms with Crippen LogP contribution in [0.1, 0.15) is 52.4 Å². The monoisotopic (exact) mass is 199 g/mol. The molecule has 0 aromatic carbocycles. The van der Waals surface area contributed by atoms with Gasteiger partial charge in [-0.25, -0.2) is 0 Å². The van der Waals surface area contributed by atoms with Crippen molar-refractivity contribution in [2.75, 3.05) is 13.2 Å². The largest absolute Gasteiger partial charge is 0.379 e. The second-order valence-electron chi connectivity index (χ2n) is 4.95. The maximum absolute atomic E-state index is 6.26. The van der Waals surface area contributed by atoms with Gasteiger partial charge in [-0.2, -0.15) is 0 Å². The summed E-state index contributed by atoms with van der Waals surface area (Å²) in [5, 5.41) is 0. The standard InChI is InChI=1S/C12H25NO/c1-3-11(2)9-14-10-12(13)7-5-4-6-8-12/h11H,3-10,13H2,1-2H3. The van der Waals surface area contributed by atoms with Crippen LogP contribution in [0.4, 0.5) is 0 Å². The fourth-order valence-electron chi connectivity index (χ4n) is 1.98. The number of hydrogen-bond acceptors (Lipinski definition) is 2. The predicted molar refractivity (Wildman–Crippen MR) is 60.3 cm³/mol. The van der Waals surface area contributed by atoms with Gasteiger partial charge in [-0.05, 0) is 18.8 Å². The maximum Gasteiger partial charge on any atom is 0.0646 e. The summed E-state index contributed by atoms with van der Waals surface area (Å²) in [6.45, 7) is 6.06. The molecule has 0 amide bonds. The lowest BCUT2D eigenvalue weighted by Crippen LogP contribution is -2.46. The van der Waals surface area contributed by atoms with Crippen molar-refractivity contribution < 1.29 is 4.74 Å². The van der Waals surface area contributed by atoms with E-state index in [1.165, 1.54) is 25.7 Å². The van der Waals surface area contributed by atoms with Crippen LogP contribution < -0.4 is 5.73 Å². The minimum absolute atomic E-state index is 0.00822. The molecule has 0 aromatic rings. The third-order valence-corrected chi connectivity index (χ3v) is 3.34. The molecule has 1 aliphatic rings. The Kier molecular flexibility index (Phi) is 4.90. The number of rotatable bonds is 5. The zero-order valence-corrected chi connectivity index (χ0v) is 9.72. The highest BCUT2D eigenvalue weighted by atomic mass is 16.5. The second kappa shape index (κ2) is 5.72. The van der Waals surface area contributed by atoms with E-state index in [0.717, 1.165) is 26.1 Å². The minimum atomic E-state index is -0.00822. The van der Waals surface area contributed by atoms with Gasteiger partial charge >= 0.3 is 0 Å². The predicted octanol–water partition coefficient (Wildman–Crippen LogP) is 2.71. The van der Waals surface area contributed by atoms with Gasteiger partial charge in [0.1, 0.15) is 0 Å². The van der Waals surface area contributed by atoms with Crippen LogP contribution >= 0.6 is 0 Å². The van der Waals surface area contributed by atoms with E-state index in [1.54, 1.807) is 0 Å². The van der Waals surface area contributed by atoms with E-state index in [-0.39, 0.29) is 5.54 Å². The molecular weight excluding hydrogens is 174 g/mol. The first kappa shape index (κ1) is 12.0. The van der Waals surface area contributed by atoms with Crippen molar-refractivity contribution in [1.82, 2.24) is 0 Å². The van der Waals surface area contributed by atoms with E-state index in [1.807, 2.05) is 0 Å². The van der Waals surface area contributed by atoms with Crippen LogP contribution in [0, 0.1) is 5.92 Å². The Labute approximate surface area is 88.2 Å². The van der Waals surface area contributed by atoms with Gasteiger partial charge in [0.25, 0.3) is 0 Å². The van der Waals surface area contributed by atoms with Crippen LogP contribution in [0.15, 0.2) is 0 Å². The molecule has 0 radical (unpaired) electrons. The molecule has 0 spiro atoms. The van der Waals surface area contributed by atoms with Crippen LogP contribution in [0.3, 0.4) is 0 Å². The molecule has 0 bridgehead atoms. The molecule has 0 heterocycles. The highest BCUT2D eigenvalue weighted by Gasteiger charge is 2.27. The van der Waals surface area contributed by atoms with Crippen molar-refractivity contribution in [3.05, 3.63) is 0 Å². The van der Waals surface area contributed by atoms with E-state index in [4.69, 9.17) is 10.5 Å². The van der Waals surface area contributed by atoms with Crippen molar-refractivity contribution in [1.29, 1.82) is 0 Å². The summed E-state index contributed by atoms with van der Waals surface area (Å²) in [4.78, 5) is 0. The van der Waals surface area contributed by atoms with Gasteiger partial charge in [-0.3, -0.25) is 0 Å². The molecule has 1 rings (SSSR count). The Morgan fingerprint density at radius 3 is 2.50 bits per heavy atom. The van der Waals surface area contributed by atoms with E-state index in [2.05, 4.69) is 13.8 Å². The molecule has 0 aliphatic heterocycles. The van der Waals surface area contributed by atoms with Gasteiger partial charge < -0.3 is 10.5 Å². The lowest BCUT2D eigenvalue weighted by molar-refractivity contribution is 0.0488. The average molecular weight is 199 g/mol. The maximum atomic E-state index is 6.26. The summed E-state index contributed by atoms with van der Waals surface area (Å²) in [5.41, 5.74) is 6.25. The SMILES string of the molecule is CCC(C)COCC1(N)CCCCC1. The van der Waals surface area contributed by atoms with Gasteiger partial charge in [-0.15, -0.1) is 0 Å². The van der Waals surface area contributed by atoms with Crippen molar-refractivity contribution in [2.24, 2.45) is 11.7 Å². The van der Waals surface area contributed by atoms with E-state index >= 15 is 0 Å². The van der Waals surface area contributed by atoms with E-state index in [0.29, 0.717) is 5.92 Å². The molecule has 2 nitrogen and oxygen atoms in total. The number of ether oxygens (including phenoxy) is 1. The topological polar surface area (TPSA) is 35.2 Å². The summed E-state index contributed by atoms with van der Waals surface area (Å²) < 4.78 is 5.70. The second-order valence-corrected chi connectivity index (χ2v) is 4.95. The third-order valence-electron chi connectivity index (χ3n) is 3.34. The molecule has 1 atom stereocenters. The highest BCUT2D eigenvalue weighted by molar-refractivity contribution is 4.86. The molecule has 14 heavy (non-hydrogen) atoms. The summed E-state index contributed by atoms with van der Waals surface area (Å²) in [5.74, 6) is 0.669. The molecule has 2 N–H and O–H groups in total. The summed E-state index contributed by atoms with van der Waals surface area (Å²) in [6, 6.07) is 0. The Hall–Kier alpha value is -0.0800. The van der Waals surface area contributed by atoms with Gasteiger partial charge in [0, 0.05) is 12.1 Å². The van der Waals surface area contributed by atoms with Crippen LogP contribution in [0.25, 0.3) is 0 Å². The molecule has 84 valence electrons. The number of hydrogen-bond donors (Lipinski definition) is 1. The van der Waals surface area contributed by atoms with Crippen LogP contribution in [0.2, 0.25) is 0 Å². The number of nitrogens with two attached hydrogens (primary N) is 1. The van der Waals surface area contributed by atoms with Gasteiger partial charge in [0.2, 0.25) is 0 Å². The Morgan fingerprint density at radius 2 is 1.93 bits per heavy atom. The van der Waals surface area contributed by atoms with Crippen LogP contribution in [-0.4, -0.2) is 18.8 Å². The van der Waals surface area contributed by atoms with Crippen LogP contribution in [-0.2, 0) is 4.74 Å². The van der Waals surface area contributed by atoms with Crippen LogP contribution in [0.5, 0.6) is 0 Å². The Bertz CT molecular complexity index is 152. The first-order chi connectivity index (χ1) is 6.66. The molecular formula is C12H25NO. The Morgan fingerprint density at radius 1 is 1.29 bits per heavy atom. The fraction of sp³-hybridized carbons (Fsp3) is 1.00. The van der Waals surface area contributed by atoms with E-state index in [9.17, 15) is 0 Å². The molecule has 2 heteroatoms. The highest BCUT2D eigenvalue weighted by Crippen LogP contribution is 2.26. The van der Waals surface area contributed by atoms with E-state index < -0.39 is 0 Å². The minimum Gasteiger partial charge on any atom is -0.379 e. The normalized spacial score (nSPS) is 23.4. The first-order valence-electron chi connectivity index (χ1n) is 6.03. The quantitative estimate of drug-likeness (QED) is 0.739. The van der Waals surface area contributed by atoms with Gasteiger partial charge in [-0.1, -0.05) is 39.5 Å². The van der Waals surface area contributed by atoms with Crippen molar-refractivity contribution >= 4 is 0 Å². The molecule has 0 saturated heterocycles. The van der Waals surface area contributed by atoms with Gasteiger partial charge in [0.05, 0.1) is 6.61 Å². The summed E-state index contributed by atoms with van der Waals surface area (Å²) >= 11 is 0. The fourth-order valence-corrected chi connectivity index (χ4v) is 1.98. The van der Waals surface area contributed by atoms with Crippen molar-refractivity contribution in [3.63, 3.8) is 0 Å². The smallest absolute Gasteiger partial charge is 0.0646 e. The Balaban J connectivity index is 2.15. The molecule has 1 fully saturated rings. The van der Waals surface area contributed by atoms with Crippen molar-refractivity contribution in [2.45, 2.75) is 57.9 Å².